The fourth-order valence-corrected chi connectivity index (χ4v) is 6.55. The monoisotopic (exact) mass is 475 g/mol. The summed E-state index contributed by atoms with van der Waals surface area (Å²) in [5, 5.41) is 4.44. The molecule has 0 aliphatic heterocycles. The molecule has 0 fully saturated rings. The lowest BCUT2D eigenvalue weighted by atomic mass is 9.97. The van der Waals surface area contributed by atoms with Crippen molar-refractivity contribution in [2.24, 2.45) is 0 Å². The molecule has 0 spiro atoms. The van der Waals surface area contributed by atoms with E-state index in [4.69, 9.17) is 4.98 Å². The van der Waals surface area contributed by atoms with E-state index in [9.17, 15) is 9.59 Å². The molecule has 4 aromatic rings. The second-order valence-corrected chi connectivity index (χ2v) is 10.1. The summed E-state index contributed by atoms with van der Waals surface area (Å²) in [5.74, 6) is 0.0671. The first-order valence-corrected chi connectivity index (χ1v) is 13.1. The number of rotatable bonds is 6. The van der Waals surface area contributed by atoms with Crippen LogP contribution in [0.25, 0.3) is 21.3 Å². The number of fused-ring (bicyclic) bond motifs is 3. The second kappa shape index (κ2) is 9.53. The summed E-state index contributed by atoms with van der Waals surface area (Å²) in [7, 11) is 0. The van der Waals surface area contributed by atoms with Gasteiger partial charge in [-0.1, -0.05) is 60.3 Å². The number of para-hydroxylation sites is 1. The number of thiophene rings is 1. The van der Waals surface area contributed by atoms with E-state index in [2.05, 4.69) is 5.32 Å². The van der Waals surface area contributed by atoms with Crippen molar-refractivity contribution < 1.29 is 4.79 Å². The van der Waals surface area contributed by atoms with E-state index in [0.717, 1.165) is 46.3 Å². The van der Waals surface area contributed by atoms with Gasteiger partial charge in [0.25, 0.3) is 5.56 Å². The number of carbonyl (C=O) groups is 1. The number of nitrogens with one attached hydrogen (secondary N) is 1. The lowest BCUT2D eigenvalue weighted by molar-refractivity contribution is -0.113. The molecule has 0 unspecified atom stereocenters. The van der Waals surface area contributed by atoms with Gasteiger partial charge in [0.2, 0.25) is 5.91 Å². The number of benzene rings is 2. The van der Waals surface area contributed by atoms with Crippen LogP contribution in [0.5, 0.6) is 0 Å². The molecule has 5 nitrogen and oxygen atoms in total. The van der Waals surface area contributed by atoms with Crippen LogP contribution in [0.3, 0.4) is 0 Å². The number of anilines is 1. The van der Waals surface area contributed by atoms with Crippen molar-refractivity contribution in [2.45, 2.75) is 44.3 Å². The molecule has 0 saturated heterocycles. The highest BCUT2D eigenvalue weighted by Gasteiger charge is 2.22. The zero-order valence-electron chi connectivity index (χ0n) is 18.5. The standard InChI is InChI=1S/C26H25N3O2S2/c1-2-29-25(31)23-19-13-7-9-15-21(19)33-24(23)28-26(29)32-16-22(30)27-20-14-8-6-12-18(20)17-10-4-3-5-11-17/h3-6,8,10-12,14H,2,7,9,13,15-16H2,1H3,(H,27,30). The van der Waals surface area contributed by atoms with Crippen LogP contribution < -0.4 is 10.9 Å². The number of hydrogen-bond acceptors (Lipinski definition) is 5. The smallest absolute Gasteiger partial charge is 0.263 e. The van der Waals surface area contributed by atoms with Gasteiger partial charge in [-0.25, -0.2) is 4.98 Å². The Kier molecular flexibility index (Phi) is 6.33. The molecule has 0 saturated carbocycles. The first kappa shape index (κ1) is 21.9. The minimum Gasteiger partial charge on any atom is -0.325 e. The Labute approximate surface area is 200 Å². The highest BCUT2D eigenvalue weighted by molar-refractivity contribution is 7.99. The number of nitrogens with zero attached hydrogens (tertiary/aromatic N) is 2. The zero-order valence-corrected chi connectivity index (χ0v) is 20.1. The third kappa shape index (κ3) is 4.35. The van der Waals surface area contributed by atoms with Crippen LogP contribution in [-0.2, 0) is 24.2 Å². The van der Waals surface area contributed by atoms with Crippen molar-refractivity contribution in [3.05, 3.63) is 75.4 Å². The fraction of sp³-hybridized carbons (Fsp3) is 0.269. The number of aromatic nitrogens is 2. The summed E-state index contributed by atoms with van der Waals surface area (Å²) < 4.78 is 1.71. The quantitative estimate of drug-likeness (QED) is 0.285. The molecule has 0 atom stereocenters. The predicted molar refractivity (Wildman–Crippen MR) is 137 cm³/mol. The summed E-state index contributed by atoms with van der Waals surface area (Å²) in [4.78, 5) is 33.0. The maximum absolute atomic E-state index is 13.3. The van der Waals surface area contributed by atoms with Crippen molar-refractivity contribution in [1.82, 2.24) is 9.55 Å². The van der Waals surface area contributed by atoms with Gasteiger partial charge < -0.3 is 5.32 Å². The third-order valence-corrected chi connectivity index (χ3v) is 8.14. The van der Waals surface area contributed by atoms with Crippen molar-refractivity contribution in [1.29, 1.82) is 0 Å². The van der Waals surface area contributed by atoms with E-state index >= 15 is 0 Å². The fourth-order valence-electron chi connectivity index (χ4n) is 4.39. The van der Waals surface area contributed by atoms with Crippen LogP contribution in [0.15, 0.2) is 64.5 Å². The van der Waals surface area contributed by atoms with Crippen molar-refractivity contribution in [2.75, 3.05) is 11.1 Å². The normalized spacial score (nSPS) is 13.1. The molecule has 168 valence electrons. The largest absolute Gasteiger partial charge is 0.325 e. The SMILES string of the molecule is CCn1c(SCC(=O)Nc2ccccc2-c2ccccc2)nc2sc3c(c2c1=O)CCCC3. The Morgan fingerprint density at radius 3 is 2.67 bits per heavy atom. The van der Waals surface area contributed by atoms with E-state index in [1.165, 1.54) is 28.6 Å². The molecule has 2 aromatic carbocycles. The number of carbonyl (C=O) groups excluding carboxylic acids is 1. The molecule has 1 aliphatic rings. The van der Waals surface area contributed by atoms with E-state index in [-0.39, 0.29) is 17.2 Å². The zero-order chi connectivity index (χ0) is 22.8. The summed E-state index contributed by atoms with van der Waals surface area (Å²) in [5.41, 5.74) is 4.03. The summed E-state index contributed by atoms with van der Waals surface area (Å²) in [6.07, 6.45) is 4.30. The van der Waals surface area contributed by atoms with E-state index < -0.39 is 0 Å². The van der Waals surface area contributed by atoms with Gasteiger partial charge in [0.1, 0.15) is 4.83 Å². The Hall–Kier alpha value is -2.90. The molecule has 0 radical (unpaired) electrons. The van der Waals surface area contributed by atoms with Crippen LogP contribution in [0.1, 0.15) is 30.2 Å². The Bertz CT molecular complexity index is 1380. The molecule has 7 heteroatoms. The summed E-state index contributed by atoms with van der Waals surface area (Å²) >= 11 is 2.97. The minimum absolute atomic E-state index is 0.0271. The van der Waals surface area contributed by atoms with Crippen molar-refractivity contribution >= 4 is 44.9 Å². The van der Waals surface area contributed by atoms with Gasteiger partial charge in [-0.15, -0.1) is 11.3 Å². The molecule has 1 aliphatic carbocycles. The topological polar surface area (TPSA) is 64.0 Å². The third-order valence-electron chi connectivity index (χ3n) is 5.97. The van der Waals surface area contributed by atoms with Crippen LogP contribution in [-0.4, -0.2) is 21.2 Å². The Morgan fingerprint density at radius 1 is 1.09 bits per heavy atom. The van der Waals surface area contributed by atoms with Crippen molar-refractivity contribution in [3.8, 4) is 11.1 Å². The van der Waals surface area contributed by atoms with E-state index in [1.807, 2.05) is 61.5 Å². The molecule has 2 heterocycles. The van der Waals surface area contributed by atoms with Gasteiger partial charge >= 0.3 is 0 Å². The van der Waals surface area contributed by atoms with Gasteiger partial charge in [-0.3, -0.25) is 14.2 Å². The lowest BCUT2D eigenvalue weighted by Crippen LogP contribution is -2.24. The average Bonchev–Trinajstić information content (AvgIpc) is 3.22. The molecular formula is C26H25N3O2S2. The number of hydrogen-bond donors (Lipinski definition) is 1. The highest BCUT2D eigenvalue weighted by atomic mass is 32.2. The molecular weight excluding hydrogens is 450 g/mol. The lowest BCUT2D eigenvalue weighted by Gasteiger charge is -2.13. The molecule has 2 aromatic heterocycles. The maximum Gasteiger partial charge on any atom is 0.263 e. The highest BCUT2D eigenvalue weighted by Crippen LogP contribution is 2.35. The van der Waals surface area contributed by atoms with Crippen LogP contribution in [0.2, 0.25) is 0 Å². The second-order valence-electron chi connectivity index (χ2n) is 8.08. The van der Waals surface area contributed by atoms with Gasteiger partial charge in [0.15, 0.2) is 5.16 Å². The molecule has 1 N–H and O–H groups in total. The van der Waals surface area contributed by atoms with Crippen molar-refractivity contribution in [3.63, 3.8) is 0 Å². The molecule has 1 amide bonds. The van der Waals surface area contributed by atoms with Crippen LogP contribution in [0.4, 0.5) is 5.69 Å². The van der Waals surface area contributed by atoms with E-state index in [0.29, 0.717) is 11.7 Å². The van der Waals surface area contributed by atoms with Gasteiger partial charge in [-0.2, -0.15) is 0 Å². The first-order chi connectivity index (χ1) is 16.2. The molecule has 33 heavy (non-hydrogen) atoms. The first-order valence-electron chi connectivity index (χ1n) is 11.3. The average molecular weight is 476 g/mol. The summed E-state index contributed by atoms with van der Waals surface area (Å²) in [6, 6.07) is 17.8. The Morgan fingerprint density at radius 2 is 1.85 bits per heavy atom. The Balaban J connectivity index is 1.38. The summed E-state index contributed by atoms with van der Waals surface area (Å²) in [6.45, 7) is 2.49. The number of thioether (sulfide) groups is 1. The van der Waals surface area contributed by atoms with Gasteiger partial charge in [0, 0.05) is 22.7 Å². The number of amides is 1. The van der Waals surface area contributed by atoms with Crippen LogP contribution >= 0.6 is 23.1 Å². The molecule has 0 bridgehead atoms. The number of aryl methyl sites for hydroxylation is 2. The minimum atomic E-state index is -0.120. The van der Waals surface area contributed by atoms with E-state index in [1.54, 1.807) is 15.9 Å². The maximum atomic E-state index is 13.3. The van der Waals surface area contributed by atoms with Gasteiger partial charge in [-0.05, 0) is 49.8 Å². The molecule has 5 rings (SSSR count). The predicted octanol–water partition coefficient (Wildman–Crippen LogP) is 5.75. The van der Waals surface area contributed by atoms with Gasteiger partial charge in [0.05, 0.1) is 11.1 Å². The van der Waals surface area contributed by atoms with Crippen LogP contribution in [0, 0.1) is 0 Å².